The Balaban J connectivity index is 0.00000280. The Bertz CT molecular complexity index is 627. The van der Waals surface area contributed by atoms with Crippen LogP contribution in [0.1, 0.15) is 51.0 Å². The van der Waals surface area contributed by atoms with E-state index in [0.29, 0.717) is 18.3 Å². The fourth-order valence-electron chi connectivity index (χ4n) is 4.22. The molecule has 0 aromatic heterocycles. The number of nitrogens with one attached hydrogen (secondary N) is 2. The van der Waals surface area contributed by atoms with Crippen molar-refractivity contribution in [3.63, 3.8) is 0 Å². The van der Waals surface area contributed by atoms with Gasteiger partial charge in [0.05, 0.1) is 13.7 Å². The summed E-state index contributed by atoms with van der Waals surface area (Å²) in [4.78, 5) is 7.36. The molecular formula is C21H35IN4O2. The molecule has 1 saturated carbocycles. The van der Waals surface area contributed by atoms with E-state index in [2.05, 4.69) is 27.4 Å². The van der Waals surface area contributed by atoms with Gasteiger partial charge in [-0.15, -0.1) is 24.0 Å². The first-order valence-corrected chi connectivity index (χ1v) is 10.3. The van der Waals surface area contributed by atoms with Gasteiger partial charge < -0.3 is 25.4 Å². The number of phenols is 1. The second-order valence-electron chi connectivity index (χ2n) is 7.56. The van der Waals surface area contributed by atoms with Crippen molar-refractivity contribution in [3.05, 3.63) is 23.8 Å². The molecule has 0 unspecified atom stereocenters. The Labute approximate surface area is 186 Å². The summed E-state index contributed by atoms with van der Waals surface area (Å²) in [6.07, 6.45) is 7.88. The van der Waals surface area contributed by atoms with E-state index in [0.717, 1.165) is 37.0 Å². The number of hydrogen-bond acceptors (Lipinski definition) is 4. The summed E-state index contributed by atoms with van der Waals surface area (Å²) in [7, 11) is 1.56. The lowest BCUT2D eigenvalue weighted by Crippen LogP contribution is -2.50. The molecule has 3 rings (SSSR count). The molecule has 6 nitrogen and oxygen atoms in total. The monoisotopic (exact) mass is 502 g/mol. The number of benzene rings is 1. The van der Waals surface area contributed by atoms with Crippen molar-refractivity contribution in [2.45, 2.75) is 64.1 Å². The van der Waals surface area contributed by atoms with Crippen molar-refractivity contribution in [1.82, 2.24) is 15.5 Å². The lowest BCUT2D eigenvalue weighted by atomic mass is 10.0. The number of methoxy groups -OCH3 is 1. The maximum absolute atomic E-state index is 10.2. The molecule has 1 heterocycles. The SMILES string of the molecule is CCNC(=NCc1cccc(OC)c1O)NC1CCN(C2CCCC2)CC1.I. The third kappa shape index (κ3) is 6.14. The topological polar surface area (TPSA) is 69.1 Å². The summed E-state index contributed by atoms with van der Waals surface area (Å²) in [6, 6.07) is 6.79. The molecule has 1 aliphatic carbocycles. The zero-order valence-electron chi connectivity index (χ0n) is 17.1. The van der Waals surface area contributed by atoms with Gasteiger partial charge in [-0.25, -0.2) is 4.99 Å². The smallest absolute Gasteiger partial charge is 0.191 e. The first kappa shape index (κ1) is 23.1. The summed E-state index contributed by atoms with van der Waals surface area (Å²) in [6.45, 7) is 5.66. The fraction of sp³-hybridized carbons (Fsp3) is 0.667. The maximum Gasteiger partial charge on any atom is 0.191 e. The normalized spacial score (nSPS) is 19.3. The van der Waals surface area contributed by atoms with Crippen LogP contribution >= 0.6 is 24.0 Å². The lowest BCUT2D eigenvalue weighted by Gasteiger charge is -2.36. The Morgan fingerprint density at radius 3 is 2.57 bits per heavy atom. The maximum atomic E-state index is 10.2. The van der Waals surface area contributed by atoms with Gasteiger partial charge >= 0.3 is 0 Å². The third-order valence-corrected chi connectivity index (χ3v) is 5.77. The van der Waals surface area contributed by atoms with Crippen LogP contribution in [0.2, 0.25) is 0 Å². The van der Waals surface area contributed by atoms with Gasteiger partial charge in [-0.1, -0.05) is 25.0 Å². The van der Waals surface area contributed by atoms with Crippen LogP contribution in [0.25, 0.3) is 0 Å². The second kappa shape index (κ2) is 11.7. The molecule has 0 bridgehead atoms. The highest BCUT2D eigenvalue weighted by Crippen LogP contribution is 2.30. The van der Waals surface area contributed by atoms with E-state index in [9.17, 15) is 5.11 Å². The Hall–Kier alpha value is -1.22. The number of nitrogens with zero attached hydrogens (tertiary/aromatic N) is 2. The number of likely N-dealkylation sites (tertiary alicyclic amines) is 1. The van der Waals surface area contributed by atoms with Crippen molar-refractivity contribution in [1.29, 1.82) is 0 Å². The van der Waals surface area contributed by atoms with Gasteiger partial charge in [0.25, 0.3) is 0 Å². The number of piperidine rings is 1. The summed E-state index contributed by atoms with van der Waals surface area (Å²) < 4.78 is 5.18. The average molecular weight is 502 g/mol. The van der Waals surface area contributed by atoms with Crippen molar-refractivity contribution in [2.75, 3.05) is 26.7 Å². The standard InChI is InChI=1S/C21H34N4O2.HI/c1-3-22-21(23-15-16-7-6-10-19(27-2)20(16)26)24-17-11-13-25(14-12-17)18-8-4-5-9-18;/h6-7,10,17-18,26H,3-5,8-9,11-15H2,1-2H3,(H2,22,23,24);1H. The molecular weight excluding hydrogens is 467 g/mol. The van der Waals surface area contributed by atoms with Gasteiger partial charge in [-0.05, 0) is 38.7 Å². The highest BCUT2D eigenvalue weighted by atomic mass is 127. The summed E-state index contributed by atoms with van der Waals surface area (Å²) >= 11 is 0. The van der Waals surface area contributed by atoms with Crippen LogP contribution in [0.15, 0.2) is 23.2 Å². The minimum absolute atomic E-state index is 0. The first-order valence-electron chi connectivity index (χ1n) is 10.3. The van der Waals surface area contributed by atoms with Gasteiger partial charge in [0.1, 0.15) is 0 Å². The van der Waals surface area contributed by atoms with Crippen molar-refractivity contribution < 1.29 is 9.84 Å². The Kier molecular flexibility index (Phi) is 9.64. The number of hydrogen-bond donors (Lipinski definition) is 3. The predicted octanol–water partition coefficient (Wildman–Crippen LogP) is 3.48. The number of aromatic hydroxyl groups is 1. The van der Waals surface area contributed by atoms with Gasteiger partial charge in [-0.3, -0.25) is 0 Å². The molecule has 1 aromatic carbocycles. The van der Waals surface area contributed by atoms with Gasteiger partial charge in [0.15, 0.2) is 17.5 Å². The van der Waals surface area contributed by atoms with Crippen LogP contribution in [0.3, 0.4) is 0 Å². The molecule has 158 valence electrons. The van der Waals surface area contributed by atoms with Crippen LogP contribution in [-0.2, 0) is 6.54 Å². The molecule has 28 heavy (non-hydrogen) atoms. The predicted molar refractivity (Wildman–Crippen MR) is 125 cm³/mol. The molecule has 1 saturated heterocycles. The van der Waals surface area contributed by atoms with E-state index in [4.69, 9.17) is 4.74 Å². The number of phenolic OH excluding ortho intramolecular Hbond substituents is 1. The van der Waals surface area contributed by atoms with Crippen LogP contribution in [0.5, 0.6) is 11.5 Å². The van der Waals surface area contributed by atoms with E-state index in [1.807, 2.05) is 12.1 Å². The second-order valence-corrected chi connectivity index (χ2v) is 7.56. The number of halogens is 1. The van der Waals surface area contributed by atoms with E-state index in [1.54, 1.807) is 13.2 Å². The number of aliphatic imine (C=N–C) groups is 1. The van der Waals surface area contributed by atoms with E-state index in [1.165, 1.54) is 38.8 Å². The van der Waals surface area contributed by atoms with E-state index in [-0.39, 0.29) is 29.7 Å². The molecule has 3 N–H and O–H groups in total. The van der Waals surface area contributed by atoms with Crippen LogP contribution in [-0.4, -0.2) is 54.8 Å². The van der Waals surface area contributed by atoms with Crippen LogP contribution in [0, 0.1) is 0 Å². The average Bonchev–Trinajstić information content (AvgIpc) is 3.22. The largest absolute Gasteiger partial charge is 0.504 e. The first-order chi connectivity index (χ1) is 13.2. The van der Waals surface area contributed by atoms with Crippen LogP contribution < -0.4 is 15.4 Å². The molecule has 0 radical (unpaired) electrons. The highest BCUT2D eigenvalue weighted by molar-refractivity contribution is 14.0. The minimum atomic E-state index is 0. The molecule has 0 spiro atoms. The fourth-order valence-corrected chi connectivity index (χ4v) is 4.22. The molecule has 2 aliphatic rings. The van der Waals surface area contributed by atoms with Gasteiger partial charge in [0.2, 0.25) is 0 Å². The van der Waals surface area contributed by atoms with E-state index >= 15 is 0 Å². The zero-order chi connectivity index (χ0) is 19.1. The molecule has 0 atom stereocenters. The van der Waals surface area contributed by atoms with Gasteiger partial charge in [-0.2, -0.15) is 0 Å². The molecule has 7 heteroatoms. The number of para-hydroxylation sites is 1. The minimum Gasteiger partial charge on any atom is -0.504 e. The summed E-state index contributed by atoms with van der Waals surface area (Å²) in [5.41, 5.74) is 0.766. The van der Waals surface area contributed by atoms with Gasteiger partial charge in [0, 0.05) is 37.3 Å². The molecule has 1 aliphatic heterocycles. The van der Waals surface area contributed by atoms with Crippen molar-refractivity contribution in [2.24, 2.45) is 4.99 Å². The number of guanidine groups is 1. The van der Waals surface area contributed by atoms with E-state index < -0.39 is 0 Å². The molecule has 2 fully saturated rings. The van der Waals surface area contributed by atoms with Crippen molar-refractivity contribution >= 4 is 29.9 Å². The lowest BCUT2D eigenvalue weighted by molar-refractivity contribution is 0.150. The van der Waals surface area contributed by atoms with Crippen LogP contribution in [0.4, 0.5) is 0 Å². The summed E-state index contributed by atoms with van der Waals surface area (Å²) in [5, 5.41) is 17.2. The highest BCUT2D eigenvalue weighted by Gasteiger charge is 2.27. The zero-order valence-corrected chi connectivity index (χ0v) is 19.4. The summed E-state index contributed by atoms with van der Waals surface area (Å²) in [5.74, 6) is 1.48. The molecule has 0 amide bonds. The Morgan fingerprint density at radius 1 is 1.21 bits per heavy atom. The number of ether oxygens (including phenoxy) is 1. The quantitative estimate of drug-likeness (QED) is 0.316. The molecule has 1 aromatic rings. The Morgan fingerprint density at radius 2 is 1.93 bits per heavy atom. The third-order valence-electron chi connectivity index (χ3n) is 5.77. The van der Waals surface area contributed by atoms with Crippen molar-refractivity contribution in [3.8, 4) is 11.5 Å². The number of rotatable bonds is 6.